The van der Waals surface area contributed by atoms with E-state index in [1.807, 2.05) is 42.5 Å². The number of likely N-dealkylation sites (N-methyl/N-ethyl adjacent to an activating group) is 1. The van der Waals surface area contributed by atoms with Crippen molar-refractivity contribution in [2.24, 2.45) is 0 Å². The Morgan fingerprint density at radius 2 is 1.69 bits per heavy atom. The van der Waals surface area contributed by atoms with Crippen LogP contribution in [0.4, 0.5) is 5.69 Å². The van der Waals surface area contributed by atoms with Crippen LogP contribution in [0.25, 0.3) is 0 Å². The van der Waals surface area contributed by atoms with E-state index in [2.05, 4.69) is 36.3 Å². The first-order valence-corrected chi connectivity index (χ1v) is 8.40. The molecule has 0 saturated heterocycles. The molecule has 26 heavy (non-hydrogen) atoms. The molecule has 144 valence electrons. The summed E-state index contributed by atoms with van der Waals surface area (Å²) in [6.45, 7) is 3.64. The maximum Gasteiger partial charge on any atom is 0.220 e. The summed E-state index contributed by atoms with van der Waals surface area (Å²) >= 11 is 0. The maximum atomic E-state index is 12.0. The lowest BCUT2D eigenvalue weighted by Crippen LogP contribution is -2.39. The smallest absolute Gasteiger partial charge is 0.220 e. The number of aryl methyl sites for hydroxylation is 1. The summed E-state index contributed by atoms with van der Waals surface area (Å²) in [5.41, 5.74) is 8.96. The molecule has 0 heterocycles. The van der Waals surface area contributed by atoms with E-state index in [0.29, 0.717) is 19.4 Å². The van der Waals surface area contributed by atoms with Gasteiger partial charge in [0.2, 0.25) is 5.91 Å². The summed E-state index contributed by atoms with van der Waals surface area (Å²) in [5, 5.41) is 3.02. The SMILES string of the molecule is CC(CNC(=O)CCc1ccccc1N)N(C)Cc1ccccc1.Cl.Cl. The van der Waals surface area contributed by atoms with Gasteiger partial charge in [-0.1, -0.05) is 48.5 Å². The number of anilines is 1. The topological polar surface area (TPSA) is 58.4 Å². The van der Waals surface area contributed by atoms with Crippen LogP contribution in [0, 0.1) is 0 Å². The zero-order valence-electron chi connectivity index (χ0n) is 15.4. The van der Waals surface area contributed by atoms with Crippen molar-refractivity contribution in [3.8, 4) is 0 Å². The summed E-state index contributed by atoms with van der Waals surface area (Å²) in [7, 11) is 2.08. The lowest BCUT2D eigenvalue weighted by atomic mass is 10.1. The third kappa shape index (κ3) is 8.09. The summed E-state index contributed by atoms with van der Waals surface area (Å²) in [4.78, 5) is 14.3. The zero-order valence-corrected chi connectivity index (χ0v) is 17.0. The number of para-hydroxylation sites is 1. The highest BCUT2D eigenvalue weighted by molar-refractivity contribution is 5.85. The van der Waals surface area contributed by atoms with Crippen molar-refractivity contribution < 1.29 is 4.79 Å². The van der Waals surface area contributed by atoms with Crippen LogP contribution >= 0.6 is 24.8 Å². The maximum absolute atomic E-state index is 12.0. The number of amides is 1. The molecule has 0 saturated carbocycles. The number of nitrogens with two attached hydrogens (primary N) is 1. The monoisotopic (exact) mass is 397 g/mol. The molecule has 0 aliphatic heterocycles. The fourth-order valence-corrected chi connectivity index (χ4v) is 2.54. The Kier molecular flexibility index (Phi) is 11.7. The lowest BCUT2D eigenvalue weighted by Gasteiger charge is -2.25. The van der Waals surface area contributed by atoms with Gasteiger partial charge in [0.25, 0.3) is 0 Å². The fourth-order valence-electron chi connectivity index (χ4n) is 2.54. The van der Waals surface area contributed by atoms with Crippen LogP contribution in [-0.2, 0) is 17.8 Å². The van der Waals surface area contributed by atoms with Crippen molar-refractivity contribution in [2.45, 2.75) is 32.4 Å². The number of nitrogen functional groups attached to an aromatic ring is 1. The van der Waals surface area contributed by atoms with Gasteiger partial charge in [0, 0.05) is 31.2 Å². The van der Waals surface area contributed by atoms with Gasteiger partial charge in [-0.25, -0.2) is 0 Å². The average molecular weight is 398 g/mol. The Balaban J connectivity index is 0.00000312. The molecule has 0 aliphatic carbocycles. The Hall–Kier alpha value is -1.75. The van der Waals surface area contributed by atoms with Crippen molar-refractivity contribution in [3.05, 3.63) is 65.7 Å². The minimum absolute atomic E-state index is 0. The highest BCUT2D eigenvalue weighted by Crippen LogP contribution is 2.12. The van der Waals surface area contributed by atoms with Crippen molar-refractivity contribution in [2.75, 3.05) is 19.3 Å². The van der Waals surface area contributed by atoms with Crippen LogP contribution in [0.2, 0.25) is 0 Å². The molecule has 4 nitrogen and oxygen atoms in total. The van der Waals surface area contributed by atoms with E-state index in [1.54, 1.807) is 0 Å². The summed E-state index contributed by atoms with van der Waals surface area (Å²) in [6.07, 6.45) is 1.13. The van der Waals surface area contributed by atoms with Crippen LogP contribution in [-0.4, -0.2) is 30.4 Å². The van der Waals surface area contributed by atoms with E-state index >= 15 is 0 Å². The molecule has 3 N–H and O–H groups in total. The molecule has 2 rings (SSSR count). The van der Waals surface area contributed by atoms with Crippen LogP contribution in [0.5, 0.6) is 0 Å². The molecule has 0 bridgehead atoms. The molecule has 0 aromatic heterocycles. The normalized spacial score (nSPS) is 11.2. The first-order chi connectivity index (χ1) is 11.6. The van der Waals surface area contributed by atoms with Gasteiger partial charge in [-0.15, -0.1) is 24.8 Å². The number of hydrogen-bond acceptors (Lipinski definition) is 3. The zero-order chi connectivity index (χ0) is 17.4. The van der Waals surface area contributed by atoms with E-state index in [0.717, 1.165) is 17.8 Å². The highest BCUT2D eigenvalue weighted by atomic mass is 35.5. The van der Waals surface area contributed by atoms with Crippen LogP contribution in [0.15, 0.2) is 54.6 Å². The predicted molar refractivity (Wildman–Crippen MR) is 114 cm³/mol. The third-order valence-corrected chi connectivity index (χ3v) is 4.30. The Labute approximate surface area is 169 Å². The minimum Gasteiger partial charge on any atom is -0.399 e. The molecule has 0 fully saturated rings. The number of hydrogen-bond donors (Lipinski definition) is 2. The van der Waals surface area contributed by atoms with Crippen molar-refractivity contribution in [1.29, 1.82) is 0 Å². The van der Waals surface area contributed by atoms with Gasteiger partial charge < -0.3 is 11.1 Å². The van der Waals surface area contributed by atoms with Gasteiger partial charge in [0.05, 0.1) is 0 Å². The van der Waals surface area contributed by atoms with Gasteiger partial charge >= 0.3 is 0 Å². The van der Waals surface area contributed by atoms with Crippen molar-refractivity contribution in [3.63, 3.8) is 0 Å². The predicted octanol–water partition coefficient (Wildman–Crippen LogP) is 3.68. The molecule has 1 unspecified atom stereocenters. The Morgan fingerprint density at radius 3 is 2.35 bits per heavy atom. The standard InChI is InChI=1S/C20H27N3O.2ClH/c1-16(23(2)15-17-8-4-3-5-9-17)14-22-20(24)13-12-18-10-6-7-11-19(18)21;;/h3-11,16H,12-15,21H2,1-2H3,(H,22,24);2*1H. The number of carbonyl (C=O) groups is 1. The van der Waals surface area contributed by atoms with E-state index in [9.17, 15) is 4.79 Å². The number of halogens is 2. The molecule has 0 radical (unpaired) electrons. The molecule has 0 spiro atoms. The largest absolute Gasteiger partial charge is 0.399 e. The molecule has 6 heteroatoms. The van der Waals surface area contributed by atoms with E-state index in [4.69, 9.17) is 5.73 Å². The number of nitrogens with one attached hydrogen (secondary N) is 1. The number of rotatable bonds is 8. The fraction of sp³-hybridized carbons (Fsp3) is 0.350. The molecule has 0 aliphatic rings. The summed E-state index contributed by atoms with van der Waals surface area (Å²) in [5.74, 6) is 0.0678. The van der Waals surface area contributed by atoms with E-state index in [-0.39, 0.29) is 36.8 Å². The van der Waals surface area contributed by atoms with E-state index < -0.39 is 0 Å². The molecular formula is C20H29Cl2N3O. The lowest BCUT2D eigenvalue weighted by molar-refractivity contribution is -0.121. The molecular weight excluding hydrogens is 369 g/mol. The number of carbonyl (C=O) groups excluding carboxylic acids is 1. The molecule has 1 atom stereocenters. The molecule has 1 amide bonds. The first kappa shape index (κ1) is 24.2. The van der Waals surface area contributed by atoms with E-state index in [1.165, 1.54) is 5.56 Å². The van der Waals surface area contributed by atoms with Crippen LogP contribution < -0.4 is 11.1 Å². The number of nitrogens with zero attached hydrogens (tertiary/aromatic N) is 1. The van der Waals surface area contributed by atoms with Gasteiger partial charge in [0.15, 0.2) is 0 Å². The third-order valence-electron chi connectivity index (χ3n) is 4.30. The summed E-state index contributed by atoms with van der Waals surface area (Å²) in [6, 6.07) is 18.3. The molecule has 2 aromatic rings. The van der Waals surface area contributed by atoms with Crippen LogP contribution in [0.3, 0.4) is 0 Å². The van der Waals surface area contributed by atoms with Gasteiger partial charge in [-0.3, -0.25) is 9.69 Å². The highest BCUT2D eigenvalue weighted by Gasteiger charge is 2.11. The van der Waals surface area contributed by atoms with Gasteiger partial charge in [-0.2, -0.15) is 0 Å². The van der Waals surface area contributed by atoms with Crippen molar-refractivity contribution in [1.82, 2.24) is 10.2 Å². The van der Waals surface area contributed by atoms with Crippen molar-refractivity contribution >= 4 is 36.4 Å². The Morgan fingerprint density at radius 1 is 1.08 bits per heavy atom. The quantitative estimate of drug-likeness (QED) is 0.667. The number of benzene rings is 2. The second kappa shape index (κ2) is 12.6. The second-order valence-corrected chi connectivity index (χ2v) is 6.25. The average Bonchev–Trinajstić information content (AvgIpc) is 2.59. The van der Waals surface area contributed by atoms with Gasteiger partial charge in [-0.05, 0) is 37.6 Å². The van der Waals surface area contributed by atoms with Crippen LogP contribution in [0.1, 0.15) is 24.5 Å². The minimum atomic E-state index is 0. The Bertz CT molecular complexity index is 653. The molecule has 2 aromatic carbocycles. The van der Waals surface area contributed by atoms with Gasteiger partial charge in [0.1, 0.15) is 0 Å². The first-order valence-electron chi connectivity index (χ1n) is 8.40. The second-order valence-electron chi connectivity index (χ2n) is 6.25. The summed E-state index contributed by atoms with van der Waals surface area (Å²) < 4.78 is 0.